The average molecular weight is 442 g/mol. The van der Waals surface area contributed by atoms with E-state index in [1.54, 1.807) is 35.7 Å². The number of nitrogens with zero attached hydrogens (tertiary/aromatic N) is 2. The number of hydrogen-bond donors (Lipinski definition) is 1. The number of nitrogens with one attached hydrogen (secondary N) is 1. The van der Waals surface area contributed by atoms with Crippen LogP contribution in [0.25, 0.3) is 0 Å². The van der Waals surface area contributed by atoms with E-state index in [2.05, 4.69) is 40.5 Å². The van der Waals surface area contributed by atoms with Crippen molar-refractivity contribution in [2.24, 2.45) is 11.8 Å². The third kappa shape index (κ3) is 4.24. The van der Waals surface area contributed by atoms with Crippen LogP contribution in [-0.4, -0.2) is 63.0 Å². The van der Waals surface area contributed by atoms with Crippen molar-refractivity contribution in [1.29, 1.82) is 0 Å². The molecule has 0 amide bonds. The molecule has 5 rings (SSSR count). The molecule has 2 heterocycles. The van der Waals surface area contributed by atoms with Crippen molar-refractivity contribution >= 4 is 10.0 Å². The Morgan fingerprint density at radius 3 is 2.42 bits per heavy atom. The van der Waals surface area contributed by atoms with Gasteiger partial charge in [-0.15, -0.1) is 0 Å². The van der Waals surface area contributed by atoms with Crippen molar-refractivity contribution in [3.63, 3.8) is 0 Å². The summed E-state index contributed by atoms with van der Waals surface area (Å²) in [7, 11) is -1.85. The Balaban J connectivity index is 1.13. The van der Waals surface area contributed by atoms with Crippen LogP contribution in [0.1, 0.15) is 18.4 Å². The topological polar surface area (TPSA) is 61.9 Å². The molecule has 2 aliphatic heterocycles. The molecular formula is C24H31N3O3S. The first-order valence-electron chi connectivity index (χ1n) is 11.2. The van der Waals surface area contributed by atoms with E-state index in [0.717, 1.165) is 19.0 Å². The van der Waals surface area contributed by atoms with Gasteiger partial charge in [0.05, 0.1) is 12.0 Å². The van der Waals surface area contributed by atoms with Gasteiger partial charge in [0.1, 0.15) is 5.75 Å². The lowest BCUT2D eigenvalue weighted by atomic mass is 9.96. The molecule has 7 heteroatoms. The highest BCUT2D eigenvalue weighted by Gasteiger charge is 2.45. The van der Waals surface area contributed by atoms with E-state index < -0.39 is 10.0 Å². The molecule has 0 aromatic heterocycles. The SMILES string of the molecule is COc1ccc(S(=O)(=O)N2CC(N[C@@H]3CC[C@@H]4CN(Cc5ccccc5)C[C@@H]43)C2)cc1. The normalized spacial score (nSPS) is 27.2. The predicted molar refractivity (Wildman–Crippen MR) is 120 cm³/mol. The number of hydrogen-bond acceptors (Lipinski definition) is 5. The summed E-state index contributed by atoms with van der Waals surface area (Å²) < 4.78 is 32.4. The van der Waals surface area contributed by atoms with Crippen molar-refractivity contribution in [3.05, 3.63) is 60.2 Å². The highest BCUT2D eigenvalue weighted by atomic mass is 32.2. The maximum Gasteiger partial charge on any atom is 0.243 e. The second-order valence-electron chi connectivity index (χ2n) is 9.15. The maximum absolute atomic E-state index is 12.8. The molecule has 0 radical (unpaired) electrons. The van der Waals surface area contributed by atoms with Gasteiger partial charge in [-0.2, -0.15) is 4.31 Å². The lowest BCUT2D eigenvalue weighted by Gasteiger charge is -2.41. The van der Waals surface area contributed by atoms with Crippen LogP contribution in [-0.2, 0) is 16.6 Å². The highest BCUT2D eigenvalue weighted by Crippen LogP contribution is 2.39. The fraction of sp³-hybridized carbons (Fsp3) is 0.500. The maximum atomic E-state index is 12.8. The van der Waals surface area contributed by atoms with Gasteiger partial charge in [-0.05, 0) is 54.5 Å². The minimum Gasteiger partial charge on any atom is -0.497 e. The fourth-order valence-corrected chi connectivity index (χ4v) is 7.01. The van der Waals surface area contributed by atoms with Crippen molar-refractivity contribution in [2.75, 3.05) is 33.3 Å². The summed E-state index contributed by atoms with van der Waals surface area (Å²) in [5, 5.41) is 3.79. The van der Waals surface area contributed by atoms with Crippen LogP contribution in [0.5, 0.6) is 5.75 Å². The monoisotopic (exact) mass is 441 g/mol. The van der Waals surface area contributed by atoms with Crippen LogP contribution < -0.4 is 10.1 Å². The zero-order valence-corrected chi connectivity index (χ0v) is 18.8. The number of fused-ring (bicyclic) bond motifs is 1. The standard InChI is InChI=1S/C24H31N3O3S/c1-30-21-8-10-22(11-9-21)31(28,29)27-15-20(16-27)25-24-12-7-19-14-26(17-23(19)24)13-18-5-3-2-4-6-18/h2-6,8-11,19-20,23-25H,7,12-17H2,1H3/t19-,23+,24-/m1/s1. The third-order valence-electron chi connectivity index (χ3n) is 7.18. The number of likely N-dealkylation sites (tertiary alicyclic amines) is 1. The van der Waals surface area contributed by atoms with Gasteiger partial charge in [0.2, 0.25) is 10.0 Å². The molecule has 1 N–H and O–H groups in total. The van der Waals surface area contributed by atoms with Gasteiger partial charge in [-0.25, -0.2) is 8.42 Å². The summed E-state index contributed by atoms with van der Waals surface area (Å²) in [6.07, 6.45) is 2.48. The summed E-state index contributed by atoms with van der Waals surface area (Å²) in [5.74, 6) is 2.10. The molecule has 0 spiro atoms. The molecule has 3 aliphatic rings. The lowest BCUT2D eigenvalue weighted by Crippen LogP contribution is -2.62. The summed E-state index contributed by atoms with van der Waals surface area (Å²) in [6, 6.07) is 18.1. The van der Waals surface area contributed by atoms with E-state index in [-0.39, 0.29) is 6.04 Å². The fourth-order valence-electron chi connectivity index (χ4n) is 5.47. The lowest BCUT2D eigenvalue weighted by molar-refractivity contribution is 0.193. The molecule has 2 saturated heterocycles. The molecular weight excluding hydrogens is 410 g/mol. The first kappa shape index (κ1) is 20.9. The zero-order chi connectivity index (χ0) is 21.4. The number of benzene rings is 2. The van der Waals surface area contributed by atoms with Crippen LogP contribution in [0.15, 0.2) is 59.5 Å². The highest BCUT2D eigenvalue weighted by molar-refractivity contribution is 7.89. The molecule has 3 fully saturated rings. The second-order valence-corrected chi connectivity index (χ2v) is 11.1. The molecule has 2 aromatic carbocycles. The van der Waals surface area contributed by atoms with Crippen LogP contribution >= 0.6 is 0 Å². The zero-order valence-electron chi connectivity index (χ0n) is 18.0. The molecule has 3 atom stereocenters. The number of methoxy groups -OCH3 is 1. The Bertz CT molecular complexity index is 990. The summed E-state index contributed by atoms with van der Waals surface area (Å²) in [6.45, 7) is 4.45. The minimum atomic E-state index is -3.43. The third-order valence-corrected chi connectivity index (χ3v) is 9.02. The van der Waals surface area contributed by atoms with Gasteiger partial charge in [0.25, 0.3) is 0 Å². The largest absolute Gasteiger partial charge is 0.497 e. The number of ether oxygens (including phenoxy) is 1. The van der Waals surface area contributed by atoms with Gasteiger partial charge < -0.3 is 10.1 Å². The molecule has 1 aliphatic carbocycles. The quantitative estimate of drug-likeness (QED) is 0.716. The molecule has 2 aromatic rings. The van der Waals surface area contributed by atoms with Gasteiger partial charge >= 0.3 is 0 Å². The Hall–Kier alpha value is -1.93. The first-order chi connectivity index (χ1) is 15.0. The summed E-state index contributed by atoms with van der Waals surface area (Å²) in [5.41, 5.74) is 1.38. The second kappa shape index (κ2) is 8.54. The van der Waals surface area contributed by atoms with Crippen molar-refractivity contribution in [1.82, 2.24) is 14.5 Å². The van der Waals surface area contributed by atoms with E-state index in [1.807, 2.05) is 0 Å². The Labute approximate surface area is 185 Å². The van der Waals surface area contributed by atoms with Crippen LogP contribution in [0.2, 0.25) is 0 Å². The first-order valence-corrected chi connectivity index (χ1v) is 12.6. The van der Waals surface area contributed by atoms with Gasteiger partial charge in [0.15, 0.2) is 0 Å². The average Bonchev–Trinajstić information content (AvgIpc) is 3.31. The molecule has 166 valence electrons. The van der Waals surface area contributed by atoms with Crippen molar-refractivity contribution in [3.8, 4) is 5.75 Å². The molecule has 0 bridgehead atoms. The van der Waals surface area contributed by atoms with E-state index in [1.165, 1.54) is 24.9 Å². The minimum absolute atomic E-state index is 0.250. The predicted octanol–water partition coefficient (Wildman–Crippen LogP) is 2.57. The Morgan fingerprint density at radius 1 is 0.968 bits per heavy atom. The molecule has 1 saturated carbocycles. The van der Waals surface area contributed by atoms with Crippen LogP contribution in [0, 0.1) is 11.8 Å². The van der Waals surface area contributed by atoms with Crippen LogP contribution in [0.3, 0.4) is 0 Å². The number of sulfonamides is 1. The Kier molecular flexibility index (Phi) is 5.77. The molecule has 6 nitrogen and oxygen atoms in total. The van der Waals surface area contributed by atoms with Gasteiger partial charge in [0, 0.05) is 44.8 Å². The van der Waals surface area contributed by atoms with E-state index in [9.17, 15) is 8.42 Å². The van der Waals surface area contributed by atoms with Gasteiger partial charge in [-0.1, -0.05) is 30.3 Å². The van der Waals surface area contributed by atoms with E-state index in [0.29, 0.717) is 35.7 Å². The number of rotatable bonds is 7. The van der Waals surface area contributed by atoms with E-state index >= 15 is 0 Å². The van der Waals surface area contributed by atoms with E-state index in [4.69, 9.17) is 4.74 Å². The van der Waals surface area contributed by atoms with Crippen molar-refractivity contribution < 1.29 is 13.2 Å². The van der Waals surface area contributed by atoms with Crippen molar-refractivity contribution in [2.45, 2.75) is 36.4 Å². The smallest absolute Gasteiger partial charge is 0.243 e. The Morgan fingerprint density at radius 2 is 1.71 bits per heavy atom. The van der Waals surface area contributed by atoms with Crippen LogP contribution in [0.4, 0.5) is 0 Å². The summed E-state index contributed by atoms with van der Waals surface area (Å²) >= 11 is 0. The molecule has 0 unspecified atom stereocenters. The van der Waals surface area contributed by atoms with Gasteiger partial charge in [-0.3, -0.25) is 4.90 Å². The summed E-state index contributed by atoms with van der Waals surface area (Å²) in [4.78, 5) is 2.92. The molecule has 31 heavy (non-hydrogen) atoms.